The summed E-state index contributed by atoms with van der Waals surface area (Å²) in [5.74, 6) is 1.63. The minimum Gasteiger partial charge on any atom is -0.440 e. The number of oxazole rings is 1. The summed E-state index contributed by atoms with van der Waals surface area (Å²) in [7, 11) is 0. The number of hydrogen-bond acceptors (Lipinski definition) is 4. The maximum atomic E-state index is 13.4. The Kier molecular flexibility index (Phi) is 4.35. The molecule has 0 saturated heterocycles. The van der Waals surface area contributed by atoms with Crippen molar-refractivity contribution < 1.29 is 8.81 Å². The second-order valence-electron chi connectivity index (χ2n) is 5.33. The van der Waals surface area contributed by atoms with Gasteiger partial charge in [0.25, 0.3) is 0 Å². The van der Waals surface area contributed by atoms with Crippen molar-refractivity contribution in [3.63, 3.8) is 0 Å². The molecule has 0 atom stereocenters. The van der Waals surface area contributed by atoms with Gasteiger partial charge in [-0.3, -0.25) is 4.57 Å². The summed E-state index contributed by atoms with van der Waals surface area (Å²) in [5.41, 5.74) is 1.73. The molecule has 25 heavy (non-hydrogen) atoms. The van der Waals surface area contributed by atoms with Crippen LogP contribution in [0.5, 0.6) is 0 Å². The van der Waals surface area contributed by atoms with E-state index in [9.17, 15) is 4.39 Å². The zero-order chi connectivity index (χ0) is 17.1. The van der Waals surface area contributed by atoms with E-state index in [0.29, 0.717) is 11.6 Å². The highest BCUT2D eigenvalue weighted by Gasteiger charge is 2.10. The summed E-state index contributed by atoms with van der Waals surface area (Å²) in [5, 5.41) is 0.755. The predicted molar refractivity (Wildman–Crippen MR) is 95.0 cm³/mol. The van der Waals surface area contributed by atoms with Crippen LogP contribution >= 0.6 is 11.8 Å². The quantitative estimate of drug-likeness (QED) is 0.477. The van der Waals surface area contributed by atoms with E-state index in [-0.39, 0.29) is 5.82 Å². The minimum absolute atomic E-state index is 0.276. The van der Waals surface area contributed by atoms with E-state index in [1.807, 2.05) is 47.2 Å². The van der Waals surface area contributed by atoms with Crippen LogP contribution in [0.15, 0.2) is 82.8 Å². The van der Waals surface area contributed by atoms with E-state index in [0.717, 1.165) is 22.2 Å². The third-order valence-electron chi connectivity index (χ3n) is 3.63. The van der Waals surface area contributed by atoms with Crippen LogP contribution in [-0.4, -0.2) is 14.5 Å². The van der Waals surface area contributed by atoms with Gasteiger partial charge in [0.1, 0.15) is 5.82 Å². The number of hydrogen-bond donors (Lipinski definition) is 0. The number of rotatable bonds is 5. The predicted octanol–water partition coefficient (Wildman–Crippen LogP) is 4.96. The topological polar surface area (TPSA) is 43.9 Å². The van der Waals surface area contributed by atoms with Gasteiger partial charge in [-0.1, -0.05) is 48.2 Å². The van der Waals surface area contributed by atoms with Crippen molar-refractivity contribution in [2.24, 2.45) is 0 Å². The molecule has 4 nitrogen and oxygen atoms in total. The molecule has 0 aliphatic carbocycles. The Morgan fingerprint density at radius 3 is 2.76 bits per heavy atom. The second kappa shape index (κ2) is 6.94. The van der Waals surface area contributed by atoms with Crippen molar-refractivity contribution >= 4 is 11.8 Å². The molecule has 0 aliphatic rings. The first kappa shape index (κ1) is 15.7. The highest BCUT2D eigenvalue weighted by Crippen LogP contribution is 2.26. The van der Waals surface area contributed by atoms with E-state index < -0.39 is 0 Å². The van der Waals surface area contributed by atoms with E-state index in [1.165, 1.54) is 23.9 Å². The van der Waals surface area contributed by atoms with Crippen LogP contribution in [0.1, 0.15) is 5.89 Å². The SMILES string of the molecule is Fc1cccc(-n2ccnc2SCc2ncc(-c3ccccc3)o2)c1. The van der Waals surface area contributed by atoms with Crippen molar-refractivity contribution in [3.05, 3.63) is 84.9 Å². The maximum absolute atomic E-state index is 13.4. The van der Waals surface area contributed by atoms with Gasteiger partial charge in [0.05, 0.1) is 17.6 Å². The molecular weight excluding hydrogens is 337 g/mol. The molecule has 0 amide bonds. The number of thioether (sulfide) groups is 1. The highest BCUT2D eigenvalue weighted by molar-refractivity contribution is 7.98. The van der Waals surface area contributed by atoms with Crippen LogP contribution in [-0.2, 0) is 5.75 Å². The first-order valence-electron chi connectivity index (χ1n) is 7.72. The second-order valence-corrected chi connectivity index (χ2v) is 6.28. The zero-order valence-electron chi connectivity index (χ0n) is 13.2. The third-order valence-corrected chi connectivity index (χ3v) is 4.58. The molecule has 0 N–H and O–H groups in total. The Balaban J connectivity index is 1.50. The molecule has 2 aromatic heterocycles. The summed E-state index contributed by atoms with van der Waals surface area (Å²) in [6.07, 6.45) is 5.23. The lowest BCUT2D eigenvalue weighted by molar-refractivity contribution is 0.529. The largest absolute Gasteiger partial charge is 0.440 e. The van der Waals surface area contributed by atoms with Crippen molar-refractivity contribution in [3.8, 4) is 17.0 Å². The number of halogens is 1. The summed E-state index contributed by atoms with van der Waals surface area (Å²) in [4.78, 5) is 8.66. The normalized spacial score (nSPS) is 10.9. The molecule has 0 aliphatic heterocycles. The van der Waals surface area contributed by atoms with Crippen molar-refractivity contribution in [2.45, 2.75) is 10.9 Å². The van der Waals surface area contributed by atoms with Crippen LogP contribution < -0.4 is 0 Å². The van der Waals surface area contributed by atoms with Gasteiger partial charge in [0.15, 0.2) is 10.9 Å². The lowest BCUT2D eigenvalue weighted by Gasteiger charge is -2.06. The molecule has 2 heterocycles. The number of imidazole rings is 1. The molecule has 0 radical (unpaired) electrons. The molecular formula is C19H14FN3OS. The first-order chi connectivity index (χ1) is 12.3. The molecule has 6 heteroatoms. The highest BCUT2D eigenvalue weighted by atomic mass is 32.2. The molecule has 124 valence electrons. The average Bonchev–Trinajstić information content (AvgIpc) is 3.30. The van der Waals surface area contributed by atoms with Gasteiger partial charge in [-0.2, -0.15) is 0 Å². The van der Waals surface area contributed by atoms with Crippen LogP contribution in [0, 0.1) is 5.82 Å². The van der Waals surface area contributed by atoms with Crippen LogP contribution in [0.25, 0.3) is 17.0 Å². The molecule has 4 aromatic rings. The van der Waals surface area contributed by atoms with Crippen LogP contribution in [0.4, 0.5) is 4.39 Å². The summed E-state index contributed by atoms with van der Waals surface area (Å²) in [6, 6.07) is 16.3. The van der Waals surface area contributed by atoms with Crippen molar-refractivity contribution in [2.75, 3.05) is 0 Å². The Bertz CT molecular complexity index is 981. The van der Waals surface area contributed by atoms with Crippen LogP contribution in [0.3, 0.4) is 0 Å². The van der Waals surface area contributed by atoms with Crippen molar-refractivity contribution in [1.29, 1.82) is 0 Å². The van der Waals surface area contributed by atoms with E-state index in [2.05, 4.69) is 9.97 Å². The number of benzene rings is 2. The Labute approximate surface area is 148 Å². The molecule has 0 bridgehead atoms. The molecule has 0 unspecified atom stereocenters. The molecule has 4 rings (SSSR count). The Morgan fingerprint density at radius 2 is 1.92 bits per heavy atom. The lowest BCUT2D eigenvalue weighted by Crippen LogP contribution is -1.96. The number of nitrogens with zero attached hydrogens (tertiary/aromatic N) is 3. The Morgan fingerprint density at radius 1 is 1.04 bits per heavy atom. The maximum Gasteiger partial charge on any atom is 0.205 e. The summed E-state index contributed by atoms with van der Waals surface area (Å²) in [6.45, 7) is 0. The number of aromatic nitrogens is 3. The Hall–Kier alpha value is -2.86. The summed E-state index contributed by atoms with van der Waals surface area (Å²) >= 11 is 1.49. The third kappa shape index (κ3) is 3.49. The smallest absolute Gasteiger partial charge is 0.205 e. The van der Waals surface area contributed by atoms with Gasteiger partial charge in [-0.05, 0) is 18.2 Å². The van der Waals surface area contributed by atoms with E-state index in [4.69, 9.17) is 4.42 Å². The lowest BCUT2D eigenvalue weighted by atomic mass is 10.2. The van der Waals surface area contributed by atoms with Gasteiger partial charge in [0, 0.05) is 18.0 Å². The van der Waals surface area contributed by atoms with E-state index in [1.54, 1.807) is 18.5 Å². The zero-order valence-corrected chi connectivity index (χ0v) is 14.0. The average molecular weight is 351 g/mol. The van der Waals surface area contributed by atoms with Gasteiger partial charge < -0.3 is 4.42 Å². The van der Waals surface area contributed by atoms with E-state index >= 15 is 0 Å². The standard InChI is InChI=1S/C19H14FN3OS/c20-15-7-4-8-16(11-15)23-10-9-21-19(23)25-13-18-22-12-17(24-18)14-5-2-1-3-6-14/h1-12H,13H2. The fourth-order valence-corrected chi connectivity index (χ4v) is 3.28. The van der Waals surface area contributed by atoms with Gasteiger partial charge in [0.2, 0.25) is 5.89 Å². The van der Waals surface area contributed by atoms with Crippen molar-refractivity contribution in [1.82, 2.24) is 14.5 Å². The monoisotopic (exact) mass is 351 g/mol. The minimum atomic E-state index is -0.276. The van der Waals surface area contributed by atoms with Gasteiger partial charge in [-0.25, -0.2) is 14.4 Å². The fraction of sp³-hybridized carbons (Fsp3) is 0.0526. The molecule has 0 spiro atoms. The first-order valence-corrected chi connectivity index (χ1v) is 8.70. The van der Waals surface area contributed by atoms with Crippen LogP contribution in [0.2, 0.25) is 0 Å². The molecule has 2 aromatic carbocycles. The summed E-state index contributed by atoms with van der Waals surface area (Å²) < 4.78 is 21.1. The molecule has 0 saturated carbocycles. The van der Waals surface area contributed by atoms with Gasteiger partial charge >= 0.3 is 0 Å². The molecule has 0 fully saturated rings. The fourth-order valence-electron chi connectivity index (χ4n) is 2.46. The van der Waals surface area contributed by atoms with Gasteiger partial charge in [-0.15, -0.1) is 0 Å².